The lowest BCUT2D eigenvalue weighted by molar-refractivity contribution is -0.125. The van der Waals surface area contributed by atoms with Crippen molar-refractivity contribution in [2.75, 3.05) is 19.6 Å². The van der Waals surface area contributed by atoms with Crippen LogP contribution in [0, 0.1) is 11.8 Å². The molecule has 2 unspecified atom stereocenters. The van der Waals surface area contributed by atoms with Crippen LogP contribution in [0.25, 0.3) is 0 Å². The van der Waals surface area contributed by atoms with Crippen molar-refractivity contribution in [2.24, 2.45) is 17.6 Å². The quantitative estimate of drug-likeness (QED) is 0.719. The zero-order valence-electron chi connectivity index (χ0n) is 10.3. The maximum Gasteiger partial charge on any atom is 0.230 e. The number of hydrogen-bond donors (Lipinski definition) is 2. The molecule has 17 heavy (non-hydrogen) atoms. The number of amides is 1. The molecular weight excluding hydrogens is 234 g/mol. The molecule has 3 N–H and O–H groups in total. The summed E-state index contributed by atoms with van der Waals surface area (Å²) in [5.74, 6) is 0.354. The second-order valence-electron chi connectivity index (χ2n) is 5.12. The molecule has 2 bridgehead atoms. The number of nitrogens with zero attached hydrogens (tertiary/aromatic N) is 1. The second kappa shape index (κ2) is 5.31. The minimum atomic E-state index is -0.305. The van der Waals surface area contributed by atoms with Crippen molar-refractivity contribution in [3.05, 3.63) is 0 Å². The maximum atomic E-state index is 12.1. The number of thiocarbonyl (C=S) groups is 1. The van der Waals surface area contributed by atoms with Gasteiger partial charge in [0, 0.05) is 12.6 Å². The summed E-state index contributed by atoms with van der Waals surface area (Å²) in [5.41, 5.74) is 5.59. The van der Waals surface area contributed by atoms with Gasteiger partial charge in [0.2, 0.25) is 5.91 Å². The van der Waals surface area contributed by atoms with Crippen LogP contribution in [0.3, 0.4) is 0 Å². The summed E-state index contributed by atoms with van der Waals surface area (Å²) in [5, 5.41) is 3.13. The molecule has 0 spiro atoms. The van der Waals surface area contributed by atoms with E-state index >= 15 is 0 Å². The van der Waals surface area contributed by atoms with Crippen LogP contribution >= 0.6 is 12.2 Å². The molecule has 3 heterocycles. The fourth-order valence-electron chi connectivity index (χ4n) is 2.93. The lowest BCUT2D eigenvalue weighted by Crippen LogP contribution is -2.58. The van der Waals surface area contributed by atoms with E-state index in [4.69, 9.17) is 18.0 Å². The van der Waals surface area contributed by atoms with Crippen LogP contribution in [0.1, 0.15) is 26.2 Å². The van der Waals surface area contributed by atoms with Gasteiger partial charge >= 0.3 is 0 Å². The summed E-state index contributed by atoms with van der Waals surface area (Å²) in [6, 6.07) is 0.299. The molecule has 0 aliphatic carbocycles. The second-order valence-corrected chi connectivity index (χ2v) is 5.59. The number of carbonyl (C=O) groups is 1. The third kappa shape index (κ3) is 2.77. The van der Waals surface area contributed by atoms with Crippen molar-refractivity contribution in [2.45, 2.75) is 32.2 Å². The predicted octanol–water partition coefficient (Wildman–Crippen LogP) is 0.509. The van der Waals surface area contributed by atoms with Gasteiger partial charge in [-0.05, 0) is 38.3 Å². The first-order valence-electron chi connectivity index (χ1n) is 6.44. The van der Waals surface area contributed by atoms with E-state index in [9.17, 15) is 4.79 Å². The standard InChI is InChI=1S/C12H21N3OS/c1-2-9(11(13)17)12(16)14-10-7-15-5-3-8(10)4-6-15/h8-10H,2-7H2,1H3,(H2,13,17)(H,14,16). The Hall–Kier alpha value is -0.680. The lowest BCUT2D eigenvalue weighted by atomic mass is 9.83. The third-order valence-corrected chi connectivity index (χ3v) is 4.34. The zero-order chi connectivity index (χ0) is 12.4. The number of nitrogens with two attached hydrogens (primary N) is 1. The van der Waals surface area contributed by atoms with Crippen LogP contribution in [0.4, 0.5) is 0 Å². The Bertz CT molecular complexity index is 313. The van der Waals surface area contributed by atoms with E-state index in [2.05, 4.69) is 10.2 Å². The first-order valence-corrected chi connectivity index (χ1v) is 6.84. The van der Waals surface area contributed by atoms with Crippen molar-refractivity contribution < 1.29 is 4.79 Å². The highest BCUT2D eigenvalue weighted by molar-refractivity contribution is 7.80. The first kappa shape index (κ1) is 12.8. The van der Waals surface area contributed by atoms with Crippen LogP contribution in [0.2, 0.25) is 0 Å². The average molecular weight is 255 g/mol. The zero-order valence-corrected chi connectivity index (χ0v) is 11.1. The molecule has 3 rings (SSSR count). The summed E-state index contributed by atoms with van der Waals surface area (Å²) >= 11 is 4.93. The van der Waals surface area contributed by atoms with E-state index in [0.29, 0.717) is 23.4 Å². The van der Waals surface area contributed by atoms with Gasteiger partial charge in [-0.15, -0.1) is 0 Å². The Balaban J connectivity index is 1.92. The highest BCUT2D eigenvalue weighted by Crippen LogP contribution is 2.27. The van der Waals surface area contributed by atoms with Gasteiger partial charge in [0.05, 0.1) is 10.9 Å². The van der Waals surface area contributed by atoms with Crippen molar-refractivity contribution >= 4 is 23.1 Å². The average Bonchev–Trinajstić information content (AvgIpc) is 2.30. The van der Waals surface area contributed by atoms with Crippen molar-refractivity contribution in [1.29, 1.82) is 0 Å². The molecule has 0 radical (unpaired) electrons. The number of rotatable bonds is 4. The highest BCUT2D eigenvalue weighted by atomic mass is 32.1. The van der Waals surface area contributed by atoms with Gasteiger partial charge in [-0.3, -0.25) is 4.79 Å². The van der Waals surface area contributed by atoms with Gasteiger partial charge in [-0.2, -0.15) is 0 Å². The van der Waals surface area contributed by atoms with E-state index in [-0.39, 0.29) is 11.8 Å². The Labute approximate surface area is 108 Å². The fourth-order valence-corrected chi connectivity index (χ4v) is 3.20. The normalized spacial score (nSPS) is 33.1. The van der Waals surface area contributed by atoms with Gasteiger partial charge in [0.1, 0.15) is 0 Å². The van der Waals surface area contributed by atoms with Gasteiger partial charge in [-0.25, -0.2) is 0 Å². The van der Waals surface area contributed by atoms with E-state index < -0.39 is 0 Å². The summed E-state index contributed by atoms with van der Waals surface area (Å²) in [6.45, 7) is 5.30. The highest BCUT2D eigenvalue weighted by Gasteiger charge is 2.35. The molecule has 0 aromatic heterocycles. The summed E-state index contributed by atoms with van der Waals surface area (Å²) in [6.07, 6.45) is 3.09. The molecule has 4 nitrogen and oxygen atoms in total. The van der Waals surface area contributed by atoms with Crippen molar-refractivity contribution in [1.82, 2.24) is 10.2 Å². The number of piperidine rings is 3. The largest absolute Gasteiger partial charge is 0.393 e. The van der Waals surface area contributed by atoms with Gasteiger partial charge in [0.25, 0.3) is 0 Å². The molecule has 2 atom stereocenters. The van der Waals surface area contributed by atoms with Gasteiger partial charge < -0.3 is 16.0 Å². The van der Waals surface area contributed by atoms with Gasteiger partial charge in [0.15, 0.2) is 0 Å². The molecule has 5 heteroatoms. The Morgan fingerprint density at radius 2 is 2.18 bits per heavy atom. The number of hydrogen-bond acceptors (Lipinski definition) is 3. The fraction of sp³-hybridized carbons (Fsp3) is 0.833. The van der Waals surface area contributed by atoms with Crippen LogP contribution in [0.15, 0.2) is 0 Å². The molecule has 0 aromatic rings. The smallest absolute Gasteiger partial charge is 0.230 e. The molecule has 0 saturated carbocycles. The minimum Gasteiger partial charge on any atom is -0.393 e. The number of carbonyl (C=O) groups excluding carboxylic acids is 1. The molecular formula is C12H21N3OS. The van der Waals surface area contributed by atoms with Crippen LogP contribution in [-0.2, 0) is 4.79 Å². The lowest BCUT2D eigenvalue weighted by Gasteiger charge is -2.45. The first-order chi connectivity index (χ1) is 8.11. The Morgan fingerprint density at radius 3 is 2.59 bits per heavy atom. The van der Waals surface area contributed by atoms with Crippen LogP contribution in [0.5, 0.6) is 0 Å². The van der Waals surface area contributed by atoms with Crippen LogP contribution < -0.4 is 11.1 Å². The molecule has 96 valence electrons. The van der Waals surface area contributed by atoms with E-state index in [0.717, 1.165) is 6.54 Å². The molecule has 0 aromatic carbocycles. The topological polar surface area (TPSA) is 58.4 Å². The van der Waals surface area contributed by atoms with E-state index in [1.807, 2.05) is 6.92 Å². The van der Waals surface area contributed by atoms with Crippen LogP contribution in [-0.4, -0.2) is 41.5 Å². The molecule has 3 saturated heterocycles. The maximum absolute atomic E-state index is 12.1. The third-order valence-electron chi connectivity index (χ3n) is 4.05. The summed E-state index contributed by atoms with van der Waals surface area (Å²) in [4.78, 5) is 14.8. The Kier molecular flexibility index (Phi) is 3.99. The van der Waals surface area contributed by atoms with E-state index in [1.165, 1.54) is 25.9 Å². The summed E-state index contributed by atoms with van der Waals surface area (Å²) in [7, 11) is 0. The van der Waals surface area contributed by atoms with Gasteiger partial charge in [-0.1, -0.05) is 19.1 Å². The molecule has 1 amide bonds. The van der Waals surface area contributed by atoms with Crippen molar-refractivity contribution in [3.63, 3.8) is 0 Å². The minimum absolute atomic E-state index is 0.0127. The monoisotopic (exact) mass is 255 g/mol. The predicted molar refractivity (Wildman–Crippen MR) is 71.7 cm³/mol. The SMILES string of the molecule is CCC(C(=O)NC1CN2CCC1CC2)C(N)=S. The number of nitrogens with one attached hydrogen (secondary N) is 1. The molecule has 3 aliphatic rings. The van der Waals surface area contributed by atoms with E-state index in [1.54, 1.807) is 0 Å². The Morgan fingerprint density at radius 1 is 1.53 bits per heavy atom. The molecule has 3 aliphatic heterocycles. The summed E-state index contributed by atoms with van der Waals surface area (Å²) < 4.78 is 0. The number of fused-ring (bicyclic) bond motifs is 3. The molecule has 3 fully saturated rings. The van der Waals surface area contributed by atoms with Crippen molar-refractivity contribution in [3.8, 4) is 0 Å².